The highest BCUT2D eigenvalue weighted by atomic mass is 35.5. The Balaban J connectivity index is 2.09. The fraction of sp³-hybridized carbons (Fsp3) is 0.0588. The molecule has 1 aromatic heterocycles. The minimum absolute atomic E-state index is 0.725. The molecule has 0 atom stereocenters. The largest absolute Gasteiger partial charge is 0.233 e. The smallest absolute Gasteiger partial charge is 0.126 e. The van der Waals surface area contributed by atoms with Gasteiger partial charge in [0.25, 0.3) is 0 Å². The van der Waals surface area contributed by atoms with Crippen LogP contribution >= 0.6 is 11.6 Å². The minimum Gasteiger partial charge on any atom is -0.233 e. The molecule has 2 aromatic carbocycles. The summed E-state index contributed by atoms with van der Waals surface area (Å²) in [6.07, 6.45) is 0. The van der Waals surface area contributed by atoms with Gasteiger partial charge in [0.05, 0.1) is 11.4 Å². The van der Waals surface area contributed by atoms with Crippen molar-refractivity contribution < 1.29 is 0 Å². The molecule has 20 heavy (non-hydrogen) atoms. The van der Waals surface area contributed by atoms with Crippen LogP contribution in [0.4, 0.5) is 0 Å². The van der Waals surface area contributed by atoms with Crippen molar-refractivity contribution >= 4 is 11.6 Å². The van der Waals surface area contributed by atoms with E-state index in [4.69, 9.17) is 11.6 Å². The Morgan fingerprint density at radius 2 is 1.30 bits per heavy atom. The summed E-state index contributed by atoms with van der Waals surface area (Å²) in [5.74, 6) is 0.760. The minimum atomic E-state index is 0.725. The lowest BCUT2D eigenvalue weighted by atomic mass is 10.1. The third kappa shape index (κ3) is 2.70. The number of rotatable bonds is 2. The first-order valence-corrected chi connectivity index (χ1v) is 6.77. The fourth-order valence-corrected chi connectivity index (χ4v) is 2.22. The number of aryl methyl sites for hydroxylation is 1. The molecule has 0 saturated carbocycles. The molecule has 3 aromatic rings. The van der Waals surface area contributed by atoms with E-state index in [2.05, 4.69) is 9.97 Å². The molecule has 0 amide bonds. The van der Waals surface area contributed by atoms with Crippen LogP contribution in [0, 0.1) is 6.92 Å². The predicted octanol–water partition coefficient (Wildman–Crippen LogP) is 4.77. The maximum absolute atomic E-state index is 5.92. The Kier molecular flexibility index (Phi) is 3.48. The molecule has 2 nitrogen and oxygen atoms in total. The van der Waals surface area contributed by atoms with Crippen LogP contribution in [0.2, 0.25) is 5.02 Å². The van der Waals surface area contributed by atoms with E-state index in [1.54, 1.807) is 0 Å². The van der Waals surface area contributed by atoms with Crippen molar-refractivity contribution in [1.29, 1.82) is 0 Å². The Bertz CT molecular complexity index is 722. The van der Waals surface area contributed by atoms with Gasteiger partial charge in [-0.25, -0.2) is 9.97 Å². The van der Waals surface area contributed by atoms with Gasteiger partial charge in [0, 0.05) is 16.1 Å². The van der Waals surface area contributed by atoms with Gasteiger partial charge in [-0.2, -0.15) is 0 Å². The van der Waals surface area contributed by atoms with E-state index in [9.17, 15) is 0 Å². The molecule has 0 bridgehead atoms. The SMILES string of the molecule is Cc1nc(-c2ccccc2)cc(-c2ccc(Cl)cc2)n1. The zero-order valence-corrected chi connectivity index (χ0v) is 11.8. The van der Waals surface area contributed by atoms with E-state index in [0.29, 0.717) is 0 Å². The monoisotopic (exact) mass is 280 g/mol. The molecule has 0 aliphatic rings. The van der Waals surface area contributed by atoms with Gasteiger partial charge in [0.1, 0.15) is 5.82 Å². The van der Waals surface area contributed by atoms with Crippen molar-refractivity contribution in [2.75, 3.05) is 0 Å². The van der Waals surface area contributed by atoms with E-state index in [0.717, 1.165) is 33.4 Å². The maximum atomic E-state index is 5.92. The molecular formula is C17H13ClN2. The van der Waals surface area contributed by atoms with Gasteiger partial charge in [-0.15, -0.1) is 0 Å². The lowest BCUT2D eigenvalue weighted by Gasteiger charge is -2.06. The Morgan fingerprint density at radius 1 is 0.750 bits per heavy atom. The first kappa shape index (κ1) is 12.8. The van der Waals surface area contributed by atoms with Gasteiger partial charge in [-0.1, -0.05) is 54.1 Å². The molecule has 98 valence electrons. The fourth-order valence-electron chi connectivity index (χ4n) is 2.09. The zero-order chi connectivity index (χ0) is 13.9. The number of benzene rings is 2. The van der Waals surface area contributed by atoms with Crippen molar-refractivity contribution in [2.45, 2.75) is 6.92 Å². The summed E-state index contributed by atoms with van der Waals surface area (Å²) in [6, 6.07) is 19.8. The first-order valence-electron chi connectivity index (χ1n) is 6.39. The molecule has 0 aliphatic carbocycles. The second-order valence-electron chi connectivity index (χ2n) is 4.56. The molecule has 3 rings (SSSR count). The van der Waals surface area contributed by atoms with Crippen molar-refractivity contribution in [3.8, 4) is 22.5 Å². The van der Waals surface area contributed by atoms with Crippen LogP contribution in [0.25, 0.3) is 22.5 Å². The van der Waals surface area contributed by atoms with Gasteiger partial charge in [-0.05, 0) is 25.1 Å². The zero-order valence-electron chi connectivity index (χ0n) is 11.0. The van der Waals surface area contributed by atoms with Crippen LogP contribution in [0.15, 0.2) is 60.7 Å². The number of hydrogen-bond donors (Lipinski definition) is 0. The van der Waals surface area contributed by atoms with Gasteiger partial charge in [-0.3, -0.25) is 0 Å². The topological polar surface area (TPSA) is 25.8 Å². The van der Waals surface area contributed by atoms with E-state index in [1.165, 1.54) is 0 Å². The Labute approximate surface area is 123 Å². The average molecular weight is 281 g/mol. The first-order chi connectivity index (χ1) is 9.72. The highest BCUT2D eigenvalue weighted by Gasteiger charge is 2.06. The number of hydrogen-bond acceptors (Lipinski definition) is 2. The molecule has 0 aliphatic heterocycles. The van der Waals surface area contributed by atoms with Crippen molar-refractivity contribution in [3.05, 3.63) is 71.5 Å². The van der Waals surface area contributed by atoms with Crippen molar-refractivity contribution in [2.24, 2.45) is 0 Å². The Morgan fingerprint density at radius 3 is 1.90 bits per heavy atom. The van der Waals surface area contributed by atoms with Crippen LogP contribution in [0.1, 0.15) is 5.82 Å². The molecule has 3 heteroatoms. The lowest BCUT2D eigenvalue weighted by Crippen LogP contribution is -1.94. The molecule has 0 radical (unpaired) electrons. The lowest BCUT2D eigenvalue weighted by molar-refractivity contribution is 1.06. The molecule has 0 unspecified atom stereocenters. The molecule has 1 heterocycles. The Hall–Kier alpha value is -2.19. The third-order valence-electron chi connectivity index (χ3n) is 3.05. The summed E-state index contributed by atoms with van der Waals surface area (Å²) in [4.78, 5) is 9.02. The van der Waals surface area contributed by atoms with Crippen LogP contribution in [-0.4, -0.2) is 9.97 Å². The second-order valence-corrected chi connectivity index (χ2v) is 4.99. The summed E-state index contributed by atoms with van der Waals surface area (Å²) in [7, 11) is 0. The standard InChI is InChI=1S/C17H13ClN2/c1-12-19-16(13-5-3-2-4-6-13)11-17(20-12)14-7-9-15(18)10-8-14/h2-11H,1H3. The van der Waals surface area contributed by atoms with Gasteiger partial charge >= 0.3 is 0 Å². The van der Waals surface area contributed by atoms with Crippen molar-refractivity contribution in [3.63, 3.8) is 0 Å². The average Bonchev–Trinajstić information content (AvgIpc) is 2.48. The molecule has 0 saturated heterocycles. The summed E-state index contributed by atoms with van der Waals surface area (Å²) in [5, 5.41) is 0.725. The molecular weight excluding hydrogens is 268 g/mol. The summed E-state index contributed by atoms with van der Waals surface area (Å²) < 4.78 is 0. The summed E-state index contributed by atoms with van der Waals surface area (Å²) >= 11 is 5.92. The summed E-state index contributed by atoms with van der Waals surface area (Å²) in [5.41, 5.74) is 3.97. The number of halogens is 1. The number of aromatic nitrogens is 2. The quantitative estimate of drug-likeness (QED) is 0.675. The number of nitrogens with zero attached hydrogens (tertiary/aromatic N) is 2. The van der Waals surface area contributed by atoms with Gasteiger partial charge in [0.15, 0.2) is 0 Å². The van der Waals surface area contributed by atoms with Gasteiger partial charge < -0.3 is 0 Å². The maximum Gasteiger partial charge on any atom is 0.126 e. The van der Waals surface area contributed by atoms with Gasteiger partial charge in [0.2, 0.25) is 0 Å². The molecule has 0 N–H and O–H groups in total. The third-order valence-corrected chi connectivity index (χ3v) is 3.30. The van der Waals surface area contributed by atoms with Crippen LogP contribution in [0.3, 0.4) is 0 Å². The predicted molar refractivity (Wildman–Crippen MR) is 82.7 cm³/mol. The van der Waals surface area contributed by atoms with E-state index < -0.39 is 0 Å². The molecule has 0 fully saturated rings. The summed E-state index contributed by atoms with van der Waals surface area (Å²) in [6.45, 7) is 1.91. The van der Waals surface area contributed by atoms with Crippen LogP contribution in [0.5, 0.6) is 0 Å². The van der Waals surface area contributed by atoms with Crippen LogP contribution in [-0.2, 0) is 0 Å². The van der Waals surface area contributed by atoms with E-state index in [-0.39, 0.29) is 0 Å². The second kappa shape index (κ2) is 5.43. The molecule has 0 spiro atoms. The highest BCUT2D eigenvalue weighted by Crippen LogP contribution is 2.24. The van der Waals surface area contributed by atoms with Crippen LogP contribution < -0.4 is 0 Å². The van der Waals surface area contributed by atoms with E-state index >= 15 is 0 Å². The van der Waals surface area contributed by atoms with Crippen molar-refractivity contribution in [1.82, 2.24) is 9.97 Å². The van der Waals surface area contributed by atoms with E-state index in [1.807, 2.05) is 67.6 Å². The normalized spacial score (nSPS) is 10.5. The highest BCUT2D eigenvalue weighted by molar-refractivity contribution is 6.30.